The van der Waals surface area contributed by atoms with Crippen molar-refractivity contribution < 1.29 is 43.2 Å². The van der Waals surface area contributed by atoms with E-state index in [1.54, 1.807) is 42.5 Å². The van der Waals surface area contributed by atoms with Crippen LogP contribution in [0.15, 0.2) is 133 Å². The smallest absolute Gasteiger partial charge is 0.421 e. The summed E-state index contributed by atoms with van der Waals surface area (Å²) in [5.74, 6) is -3.26. The minimum atomic E-state index is -1.96. The number of ether oxygens (including phenoxy) is 4. The van der Waals surface area contributed by atoms with Crippen molar-refractivity contribution in [2.45, 2.75) is 29.6 Å². The number of fused-ring (bicyclic) bond motifs is 4. The Hall–Kier alpha value is -6.45. The van der Waals surface area contributed by atoms with Crippen LogP contribution in [0.2, 0.25) is 0 Å². The molecule has 13 nitrogen and oxygen atoms in total. The third-order valence-electron chi connectivity index (χ3n) is 11.4. The Morgan fingerprint density at radius 2 is 1.52 bits per heavy atom. The first kappa shape index (κ1) is 39.0. The third kappa shape index (κ3) is 6.48. The van der Waals surface area contributed by atoms with Gasteiger partial charge in [0, 0.05) is 7.11 Å². The Bertz CT molecular complexity index is 2540. The van der Waals surface area contributed by atoms with Gasteiger partial charge in [0.25, 0.3) is 0 Å². The van der Waals surface area contributed by atoms with Gasteiger partial charge in [-0.3, -0.25) is 19.3 Å². The highest BCUT2D eigenvalue weighted by atomic mass is 32.1. The predicted octanol–water partition coefficient (Wildman–Crippen LogP) is 6.75. The Balaban J connectivity index is 1.33. The Morgan fingerprint density at radius 3 is 2.27 bits per heavy atom. The van der Waals surface area contributed by atoms with E-state index in [0.29, 0.717) is 28.0 Å². The number of esters is 1. The zero-order valence-corrected chi connectivity index (χ0v) is 33.2. The molecule has 2 fully saturated rings. The second kappa shape index (κ2) is 16.3. The highest BCUT2D eigenvalue weighted by Gasteiger charge is 2.75. The van der Waals surface area contributed by atoms with Gasteiger partial charge in [0.1, 0.15) is 36.5 Å². The molecule has 1 spiro atoms. The highest BCUT2D eigenvalue weighted by molar-refractivity contribution is 7.22. The fraction of sp³-hybridized carbons (Fsp3) is 0.239. The van der Waals surface area contributed by atoms with Gasteiger partial charge in [-0.05, 0) is 52.6 Å². The number of methoxy groups -OCH3 is 1. The van der Waals surface area contributed by atoms with Crippen LogP contribution in [0.4, 0.5) is 15.6 Å². The number of benzene rings is 5. The largest absolute Gasteiger partial charge is 0.491 e. The molecule has 14 heteroatoms. The number of aliphatic hydroxyl groups excluding tert-OH is 1. The Kier molecular flexibility index (Phi) is 10.6. The summed E-state index contributed by atoms with van der Waals surface area (Å²) in [6.45, 7) is -0.305. The van der Waals surface area contributed by atoms with Crippen LogP contribution in [0, 0.1) is 5.92 Å². The minimum Gasteiger partial charge on any atom is -0.491 e. The lowest BCUT2D eigenvalue weighted by atomic mass is 9.65. The number of carbonyl (C=O) groups excluding carboxylic acids is 4. The summed E-state index contributed by atoms with van der Waals surface area (Å²) in [5, 5.41) is 13.0. The van der Waals surface area contributed by atoms with Crippen molar-refractivity contribution in [2.75, 3.05) is 43.8 Å². The SMILES string of the molecule is COCCOC(=O)N1C(=O)C2(c3ccccc31)C(C(=O)Nc1nc3ccccc3s1)C1C(=O)OC(c3ccccc3)C(c3ccccc3)N1C2c1cccc(OCCO)c1. The number of rotatable bonds is 11. The van der Waals surface area contributed by atoms with Gasteiger partial charge in [0.05, 0.1) is 47.1 Å². The van der Waals surface area contributed by atoms with Gasteiger partial charge in [-0.25, -0.2) is 14.7 Å². The summed E-state index contributed by atoms with van der Waals surface area (Å²) >= 11 is 1.26. The summed E-state index contributed by atoms with van der Waals surface area (Å²) in [4.78, 5) is 68.5. The van der Waals surface area contributed by atoms with E-state index < -0.39 is 59.4 Å². The molecule has 60 heavy (non-hydrogen) atoms. The molecule has 4 heterocycles. The topological polar surface area (TPSA) is 157 Å². The maximum Gasteiger partial charge on any atom is 0.421 e. The first-order valence-corrected chi connectivity index (χ1v) is 20.4. The van der Waals surface area contributed by atoms with Crippen molar-refractivity contribution in [2.24, 2.45) is 5.92 Å². The van der Waals surface area contributed by atoms with Gasteiger partial charge in [0.15, 0.2) is 5.13 Å². The molecule has 3 amide bonds. The number of nitrogens with zero attached hydrogens (tertiary/aromatic N) is 3. The lowest BCUT2D eigenvalue weighted by Gasteiger charge is -2.46. The third-order valence-corrected chi connectivity index (χ3v) is 12.4. The van der Waals surface area contributed by atoms with E-state index in [-0.39, 0.29) is 37.2 Å². The first-order valence-electron chi connectivity index (χ1n) is 19.5. The van der Waals surface area contributed by atoms with E-state index in [4.69, 9.17) is 18.9 Å². The minimum absolute atomic E-state index is 0.00327. The number of thiazole rings is 1. The van der Waals surface area contributed by atoms with Crippen LogP contribution in [-0.2, 0) is 34.0 Å². The Morgan fingerprint density at radius 1 is 0.817 bits per heavy atom. The van der Waals surface area contributed by atoms with Gasteiger partial charge in [0.2, 0.25) is 11.8 Å². The number of aromatic nitrogens is 1. The highest BCUT2D eigenvalue weighted by Crippen LogP contribution is 2.66. The van der Waals surface area contributed by atoms with Crippen LogP contribution in [-0.4, -0.2) is 78.4 Å². The molecule has 5 aromatic carbocycles. The number of para-hydroxylation sites is 2. The van der Waals surface area contributed by atoms with E-state index in [9.17, 15) is 9.90 Å². The summed E-state index contributed by atoms with van der Waals surface area (Å²) in [7, 11) is 1.47. The second-order valence-corrected chi connectivity index (χ2v) is 15.7. The lowest BCUT2D eigenvalue weighted by molar-refractivity contribution is -0.177. The molecular weight excluding hydrogens is 785 g/mol. The van der Waals surface area contributed by atoms with Crippen molar-refractivity contribution >= 4 is 56.2 Å². The number of anilines is 2. The van der Waals surface area contributed by atoms with E-state index in [1.165, 1.54) is 18.4 Å². The number of morpholine rings is 1. The van der Waals surface area contributed by atoms with Crippen molar-refractivity contribution in [3.63, 3.8) is 0 Å². The van der Waals surface area contributed by atoms with Crippen LogP contribution >= 0.6 is 11.3 Å². The molecule has 2 saturated heterocycles. The normalized spacial score (nSPS) is 23.3. The molecule has 3 aliphatic rings. The van der Waals surface area contributed by atoms with Gasteiger partial charge in [-0.2, -0.15) is 0 Å². The van der Waals surface area contributed by atoms with Crippen molar-refractivity contribution in [1.82, 2.24) is 9.88 Å². The molecule has 6 atom stereocenters. The van der Waals surface area contributed by atoms with E-state index >= 15 is 14.4 Å². The molecule has 9 rings (SSSR count). The number of hydrogen-bond acceptors (Lipinski definition) is 12. The van der Waals surface area contributed by atoms with Crippen LogP contribution in [0.3, 0.4) is 0 Å². The molecule has 304 valence electrons. The summed E-state index contributed by atoms with van der Waals surface area (Å²) in [6.07, 6.45) is -1.85. The average molecular weight is 825 g/mol. The van der Waals surface area contributed by atoms with Crippen molar-refractivity contribution in [3.05, 3.63) is 156 Å². The molecule has 0 saturated carbocycles. The number of amides is 3. The van der Waals surface area contributed by atoms with Crippen molar-refractivity contribution in [1.29, 1.82) is 0 Å². The van der Waals surface area contributed by atoms with Crippen molar-refractivity contribution in [3.8, 4) is 5.75 Å². The molecule has 3 aliphatic heterocycles. The van der Waals surface area contributed by atoms with E-state index in [0.717, 1.165) is 15.2 Å². The molecular formula is C46H40N4O9S. The van der Waals surface area contributed by atoms with Gasteiger partial charge < -0.3 is 29.4 Å². The molecule has 6 unspecified atom stereocenters. The standard InChI is InChI=1S/C46H40N4O9S/c1-56-25-26-58-45(55)49-34-21-10-8-19-32(34)46(43(49)54)36(41(52)48-44-47-33-20-9-11-22-35(33)60-44)38-42(53)59-39(29-15-6-3-7-16-29)37(28-13-4-2-5-14-28)50(38)40(46)30-17-12-18-31(27-30)57-24-23-51/h2-22,27,36-40,51H,23-26H2,1H3,(H,47,48,52). The maximum atomic E-state index is 16.0. The molecule has 6 aromatic rings. The maximum absolute atomic E-state index is 16.0. The molecule has 1 aromatic heterocycles. The van der Waals surface area contributed by atoms with Gasteiger partial charge in [-0.1, -0.05) is 114 Å². The van der Waals surface area contributed by atoms with E-state index in [2.05, 4.69) is 10.3 Å². The number of hydrogen-bond donors (Lipinski definition) is 2. The predicted molar refractivity (Wildman–Crippen MR) is 222 cm³/mol. The first-order chi connectivity index (χ1) is 29.4. The number of imide groups is 1. The van der Waals surface area contributed by atoms with Gasteiger partial charge >= 0.3 is 12.1 Å². The van der Waals surface area contributed by atoms with Crippen LogP contribution < -0.4 is 15.0 Å². The van der Waals surface area contributed by atoms with Gasteiger partial charge in [-0.15, -0.1) is 0 Å². The summed E-state index contributed by atoms with van der Waals surface area (Å²) in [5.41, 5.74) is 1.25. The zero-order valence-electron chi connectivity index (χ0n) is 32.4. The average Bonchev–Trinajstić information content (AvgIpc) is 3.92. The fourth-order valence-corrected chi connectivity index (χ4v) is 10.0. The van der Waals surface area contributed by atoms with Crippen LogP contribution in [0.5, 0.6) is 5.75 Å². The summed E-state index contributed by atoms with van der Waals surface area (Å²) < 4.78 is 24.0. The lowest BCUT2D eigenvalue weighted by Crippen LogP contribution is -2.54. The van der Waals surface area contributed by atoms with Crippen LogP contribution in [0.1, 0.15) is 40.4 Å². The summed E-state index contributed by atoms with van der Waals surface area (Å²) in [6, 6.07) is 36.9. The Labute approximate surface area is 349 Å². The zero-order chi connectivity index (χ0) is 41.4. The second-order valence-electron chi connectivity index (χ2n) is 14.7. The molecule has 0 radical (unpaired) electrons. The molecule has 0 bridgehead atoms. The van der Waals surface area contributed by atoms with E-state index in [1.807, 2.05) is 95.9 Å². The monoisotopic (exact) mass is 824 g/mol. The number of aliphatic hydroxyl groups is 1. The molecule has 2 N–H and O–H groups in total. The number of cyclic esters (lactones) is 1. The van der Waals surface area contributed by atoms with Crippen LogP contribution in [0.25, 0.3) is 10.2 Å². The fourth-order valence-electron chi connectivity index (χ4n) is 9.17. The quantitative estimate of drug-likeness (QED) is 0.105. The number of nitrogens with one attached hydrogen (secondary N) is 1. The molecule has 0 aliphatic carbocycles. The number of carbonyl (C=O) groups is 4.